The highest BCUT2D eigenvalue weighted by molar-refractivity contribution is 7.48. The average molecular weight is 593 g/mol. The lowest BCUT2D eigenvalue weighted by molar-refractivity contribution is -0.141. The number of rotatable bonds is 10. The minimum atomic E-state index is -4.18. The quantitative estimate of drug-likeness (QED) is 0.256. The van der Waals surface area contributed by atoms with E-state index >= 15 is 0 Å². The minimum Gasteiger partial charge on any atom is -0.481 e. The predicted octanol–water partition coefficient (Wildman–Crippen LogP) is 2.69. The molecule has 2 saturated heterocycles. The molecule has 2 aliphatic rings. The minimum absolute atomic E-state index is 0.0612. The first kappa shape index (κ1) is 28.7. The average Bonchev–Trinajstić information content (AvgIpc) is 3.52. The number of nitrogens with two attached hydrogens (primary N) is 1. The SMILES string of the molecule is COc1nc(N)nc2c1ncn2[C@@H]1O[C@@H]2COP(=O)(OCCC(C)C(=O)O)O[C@H]2[C@@H]1OC(=O)OCc1ccccc1. The molecule has 2 unspecified atom stereocenters. The summed E-state index contributed by atoms with van der Waals surface area (Å²) < 4.78 is 53.5. The first-order valence-corrected chi connectivity index (χ1v) is 14.0. The van der Waals surface area contributed by atoms with E-state index in [1.165, 1.54) is 24.9 Å². The number of carboxylic acids is 1. The summed E-state index contributed by atoms with van der Waals surface area (Å²) in [5.74, 6) is -1.75. The summed E-state index contributed by atoms with van der Waals surface area (Å²) in [5.41, 5.74) is 7.07. The number of nitrogens with zero attached hydrogens (tertiary/aromatic N) is 4. The van der Waals surface area contributed by atoms with Crippen molar-refractivity contribution >= 4 is 37.1 Å². The molecule has 0 radical (unpaired) electrons. The number of phosphoric acid groups is 1. The second-order valence-electron chi connectivity index (χ2n) is 9.26. The number of aliphatic carboxylic acids is 1. The van der Waals surface area contributed by atoms with E-state index < -0.39 is 50.4 Å². The highest BCUT2D eigenvalue weighted by atomic mass is 31.2. The van der Waals surface area contributed by atoms with Crippen LogP contribution in [-0.4, -0.2) is 75.4 Å². The zero-order valence-electron chi connectivity index (χ0n) is 22.0. The summed E-state index contributed by atoms with van der Waals surface area (Å²) in [4.78, 5) is 36.5. The number of imidazole rings is 1. The molecule has 2 fully saturated rings. The van der Waals surface area contributed by atoms with Crippen LogP contribution in [0, 0.1) is 5.92 Å². The maximum atomic E-state index is 13.3. The molecule has 0 aliphatic carbocycles. The summed E-state index contributed by atoms with van der Waals surface area (Å²) in [5, 5.41) is 9.09. The number of ether oxygens (including phenoxy) is 4. The number of carbonyl (C=O) groups is 2. The number of anilines is 1. The normalized spacial score (nSPS) is 26.3. The smallest absolute Gasteiger partial charge is 0.481 e. The van der Waals surface area contributed by atoms with Gasteiger partial charge in [0.15, 0.2) is 23.5 Å². The van der Waals surface area contributed by atoms with Crippen molar-refractivity contribution in [1.29, 1.82) is 0 Å². The lowest BCUT2D eigenvalue weighted by Crippen LogP contribution is -2.42. The first-order chi connectivity index (χ1) is 19.7. The Hall–Kier alpha value is -3.82. The molecule has 6 atom stereocenters. The maximum Gasteiger partial charge on any atom is 0.509 e. The Kier molecular flexibility index (Phi) is 8.37. The number of carboxylic acid groups (broad SMARTS) is 1. The van der Waals surface area contributed by atoms with Gasteiger partial charge in [0.2, 0.25) is 11.8 Å². The lowest BCUT2D eigenvalue weighted by atomic mass is 10.1. The van der Waals surface area contributed by atoms with Crippen LogP contribution in [0.1, 0.15) is 25.1 Å². The van der Waals surface area contributed by atoms with Gasteiger partial charge in [-0.25, -0.2) is 14.3 Å². The van der Waals surface area contributed by atoms with Gasteiger partial charge in [-0.1, -0.05) is 37.3 Å². The molecule has 4 heterocycles. The third kappa shape index (κ3) is 6.26. The zero-order chi connectivity index (χ0) is 29.1. The van der Waals surface area contributed by atoms with Gasteiger partial charge in [-0.3, -0.25) is 22.9 Å². The van der Waals surface area contributed by atoms with Gasteiger partial charge in [0, 0.05) is 0 Å². The third-order valence-electron chi connectivity index (χ3n) is 6.46. The Morgan fingerprint density at radius 1 is 1.27 bits per heavy atom. The van der Waals surface area contributed by atoms with Gasteiger partial charge in [0.1, 0.15) is 18.8 Å². The van der Waals surface area contributed by atoms with Crippen molar-refractivity contribution in [2.75, 3.05) is 26.1 Å². The van der Waals surface area contributed by atoms with Crippen molar-refractivity contribution in [3.05, 3.63) is 42.2 Å². The third-order valence-corrected chi connectivity index (χ3v) is 7.93. The molecule has 5 rings (SSSR count). The van der Waals surface area contributed by atoms with Crippen molar-refractivity contribution in [3.8, 4) is 5.88 Å². The number of aromatic nitrogens is 4. The summed E-state index contributed by atoms with van der Waals surface area (Å²) in [6.07, 6.45) is -3.91. The molecule has 16 nitrogen and oxygen atoms in total. The monoisotopic (exact) mass is 593 g/mol. The molecule has 3 N–H and O–H groups in total. The van der Waals surface area contributed by atoms with E-state index in [1.807, 2.05) is 6.07 Å². The number of benzene rings is 1. The van der Waals surface area contributed by atoms with E-state index in [4.69, 9.17) is 43.4 Å². The number of hydrogen-bond acceptors (Lipinski definition) is 14. The van der Waals surface area contributed by atoms with Gasteiger partial charge in [0.05, 0.1) is 32.6 Å². The highest BCUT2D eigenvalue weighted by Gasteiger charge is 2.56. The Balaban J connectivity index is 1.39. The summed E-state index contributed by atoms with van der Waals surface area (Å²) in [6, 6.07) is 8.98. The number of hydrogen-bond donors (Lipinski definition) is 2. The molecular weight excluding hydrogens is 565 g/mol. The Morgan fingerprint density at radius 2 is 2.05 bits per heavy atom. The number of fused-ring (bicyclic) bond motifs is 2. The number of methoxy groups -OCH3 is 1. The van der Waals surface area contributed by atoms with Gasteiger partial charge >= 0.3 is 19.9 Å². The molecule has 2 aromatic heterocycles. The van der Waals surface area contributed by atoms with Crippen LogP contribution >= 0.6 is 7.82 Å². The van der Waals surface area contributed by atoms with E-state index in [0.717, 1.165) is 5.56 Å². The second kappa shape index (κ2) is 12.0. The fourth-order valence-corrected chi connectivity index (χ4v) is 5.70. The molecule has 0 saturated carbocycles. The molecule has 0 bridgehead atoms. The van der Waals surface area contributed by atoms with E-state index in [0.29, 0.717) is 0 Å². The van der Waals surface area contributed by atoms with Gasteiger partial charge in [-0.15, -0.1) is 0 Å². The molecule has 3 aromatic rings. The lowest BCUT2D eigenvalue weighted by Gasteiger charge is -2.31. The van der Waals surface area contributed by atoms with E-state index in [2.05, 4.69) is 15.0 Å². The number of nitrogen functional groups attached to an aromatic ring is 1. The van der Waals surface area contributed by atoms with Crippen LogP contribution in [0.4, 0.5) is 10.7 Å². The van der Waals surface area contributed by atoms with E-state index in [9.17, 15) is 14.2 Å². The molecule has 41 heavy (non-hydrogen) atoms. The predicted molar refractivity (Wildman–Crippen MR) is 137 cm³/mol. The van der Waals surface area contributed by atoms with Crippen molar-refractivity contribution < 1.29 is 51.8 Å². The zero-order valence-corrected chi connectivity index (χ0v) is 22.9. The second-order valence-corrected chi connectivity index (χ2v) is 10.9. The van der Waals surface area contributed by atoms with Crippen LogP contribution in [0.3, 0.4) is 0 Å². The fourth-order valence-electron chi connectivity index (χ4n) is 4.29. The first-order valence-electron chi connectivity index (χ1n) is 12.5. The van der Waals surface area contributed by atoms with Crippen LogP contribution in [-0.2, 0) is 43.7 Å². The molecule has 0 spiro atoms. The van der Waals surface area contributed by atoms with Crippen molar-refractivity contribution in [2.45, 2.75) is 44.5 Å². The summed E-state index contributed by atoms with van der Waals surface area (Å²) in [7, 11) is -2.78. The molecule has 17 heteroatoms. The Labute approximate surface area is 233 Å². The van der Waals surface area contributed by atoms with Crippen molar-refractivity contribution in [1.82, 2.24) is 19.5 Å². The van der Waals surface area contributed by atoms with Gasteiger partial charge < -0.3 is 29.8 Å². The largest absolute Gasteiger partial charge is 0.509 e. The molecule has 1 aromatic carbocycles. The van der Waals surface area contributed by atoms with E-state index in [1.54, 1.807) is 24.3 Å². The Bertz CT molecular complexity index is 1450. The molecule has 2 aliphatic heterocycles. The van der Waals surface area contributed by atoms with Crippen LogP contribution in [0.15, 0.2) is 36.7 Å². The number of phosphoric ester groups is 1. The fraction of sp³-hybridized carbons (Fsp3) is 0.458. The van der Waals surface area contributed by atoms with Crippen LogP contribution in [0.2, 0.25) is 0 Å². The van der Waals surface area contributed by atoms with Gasteiger partial charge in [0.25, 0.3) is 0 Å². The van der Waals surface area contributed by atoms with Gasteiger partial charge in [-0.05, 0) is 12.0 Å². The van der Waals surface area contributed by atoms with Gasteiger partial charge in [-0.2, -0.15) is 9.97 Å². The highest BCUT2D eigenvalue weighted by Crippen LogP contribution is 2.57. The molecule has 220 valence electrons. The maximum absolute atomic E-state index is 13.3. The summed E-state index contributed by atoms with van der Waals surface area (Å²) in [6.45, 7) is 0.980. The molecule has 0 amide bonds. The Morgan fingerprint density at radius 3 is 2.78 bits per heavy atom. The van der Waals surface area contributed by atoms with Crippen LogP contribution in [0.25, 0.3) is 11.2 Å². The molecular formula is C24H28N5O11P. The van der Waals surface area contributed by atoms with Crippen molar-refractivity contribution in [3.63, 3.8) is 0 Å². The van der Waals surface area contributed by atoms with E-state index in [-0.39, 0.29) is 49.2 Å². The van der Waals surface area contributed by atoms with Crippen LogP contribution in [0.5, 0.6) is 5.88 Å². The van der Waals surface area contributed by atoms with Crippen LogP contribution < -0.4 is 10.5 Å². The topological polar surface area (TPSA) is 206 Å². The standard InChI is InChI=1S/C24H28N5O11P/c1-13(22(30)31)8-9-36-41(33)37-11-15-17(40-41)18(39-24(32)35-10-14-6-4-3-5-7-14)21(38-15)29-12-26-16-19(29)27-23(25)28-20(16)34-2/h3-7,12-13,15,17-18,21H,8-11H2,1-2H3,(H,30,31)(H2,25,27,28)/t13?,15-,17-,18+,21-,41?/m1/s1. The van der Waals surface area contributed by atoms with Crippen molar-refractivity contribution in [2.24, 2.45) is 5.92 Å². The number of carbonyl (C=O) groups excluding carboxylic acids is 1. The summed E-state index contributed by atoms with van der Waals surface area (Å²) >= 11 is 0.